The molecule has 0 fully saturated rings. The van der Waals surface area contributed by atoms with Crippen molar-refractivity contribution in [1.82, 2.24) is 4.98 Å². The van der Waals surface area contributed by atoms with Crippen LogP contribution in [0, 0.1) is 6.92 Å². The summed E-state index contributed by atoms with van der Waals surface area (Å²) in [6.07, 6.45) is 1.61. The van der Waals surface area contributed by atoms with Crippen LogP contribution in [0.1, 0.15) is 15.9 Å². The minimum Gasteiger partial charge on any atom is -0.398 e. The van der Waals surface area contributed by atoms with E-state index in [0.29, 0.717) is 17.1 Å². The second kappa shape index (κ2) is 5.59. The summed E-state index contributed by atoms with van der Waals surface area (Å²) in [5.74, 6) is 0.155. The predicted octanol–water partition coefficient (Wildman–Crippen LogP) is 3.64. The molecular formula is C13H11BrClN3O. The summed E-state index contributed by atoms with van der Waals surface area (Å²) in [7, 11) is 0. The van der Waals surface area contributed by atoms with Crippen LogP contribution in [0.2, 0.25) is 5.02 Å². The maximum absolute atomic E-state index is 12.1. The van der Waals surface area contributed by atoms with Crippen LogP contribution in [0.15, 0.2) is 34.9 Å². The lowest BCUT2D eigenvalue weighted by molar-refractivity contribution is 0.102. The summed E-state index contributed by atoms with van der Waals surface area (Å²) >= 11 is 9.32. The maximum Gasteiger partial charge on any atom is 0.258 e. The number of rotatable bonds is 2. The first-order chi connectivity index (χ1) is 8.99. The highest BCUT2D eigenvalue weighted by atomic mass is 79.9. The van der Waals surface area contributed by atoms with Crippen LogP contribution in [0.3, 0.4) is 0 Å². The number of amides is 1. The standard InChI is InChI=1S/C13H11BrClN3O/c1-7-5-8(14)6-17-12(7)18-13(19)9-3-2-4-10(16)11(9)15/h2-6H,16H2,1H3,(H,17,18,19). The lowest BCUT2D eigenvalue weighted by Gasteiger charge is -2.09. The Labute approximate surface area is 124 Å². The van der Waals surface area contributed by atoms with Gasteiger partial charge in [-0.2, -0.15) is 0 Å². The number of carbonyl (C=O) groups is 1. The van der Waals surface area contributed by atoms with E-state index < -0.39 is 0 Å². The average Bonchev–Trinajstić information content (AvgIpc) is 2.36. The van der Waals surface area contributed by atoms with Crippen molar-refractivity contribution in [2.24, 2.45) is 0 Å². The first-order valence-corrected chi connectivity index (χ1v) is 6.63. The number of nitrogens with two attached hydrogens (primary N) is 1. The van der Waals surface area contributed by atoms with Crippen molar-refractivity contribution in [2.45, 2.75) is 6.92 Å². The summed E-state index contributed by atoms with van der Waals surface area (Å²) in [4.78, 5) is 16.3. The SMILES string of the molecule is Cc1cc(Br)cnc1NC(=O)c1cccc(N)c1Cl. The van der Waals surface area contributed by atoms with Crippen molar-refractivity contribution in [3.8, 4) is 0 Å². The second-order valence-electron chi connectivity index (χ2n) is 3.98. The van der Waals surface area contributed by atoms with E-state index in [4.69, 9.17) is 17.3 Å². The van der Waals surface area contributed by atoms with Crippen LogP contribution < -0.4 is 11.1 Å². The van der Waals surface area contributed by atoms with Crippen LogP contribution in [0.4, 0.5) is 11.5 Å². The first kappa shape index (κ1) is 13.8. The molecule has 1 heterocycles. The maximum atomic E-state index is 12.1. The highest BCUT2D eigenvalue weighted by molar-refractivity contribution is 9.10. The van der Waals surface area contributed by atoms with E-state index in [9.17, 15) is 4.79 Å². The van der Waals surface area contributed by atoms with Gasteiger partial charge in [0.05, 0.1) is 16.3 Å². The van der Waals surface area contributed by atoms with Crippen molar-refractivity contribution >= 4 is 44.9 Å². The number of anilines is 2. The molecule has 2 aromatic rings. The summed E-state index contributed by atoms with van der Waals surface area (Å²) in [6, 6.07) is 6.80. The first-order valence-electron chi connectivity index (χ1n) is 5.46. The summed E-state index contributed by atoms with van der Waals surface area (Å²) in [6.45, 7) is 1.86. The van der Waals surface area contributed by atoms with E-state index in [1.165, 1.54) is 0 Å². The van der Waals surface area contributed by atoms with E-state index in [0.717, 1.165) is 10.0 Å². The van der Waals surface area contributed by atoms with Gasteiger partial charge in [0.2, 0.25) is 0 Å². The zero-order chi connectivity index (χ0) is 14.0. The Hall–Kier alpha value is -1.59. The molecule has 1 aromatic heterocycles. The lowest BCUT2D eigenvalue weighted by atomic mass is 10.2. The molecule has 4 nitrogen and oxygen atoms in total. The Morgan fingerprint density at radius 3 is 2.89 bits per heavy atom. The molecule has 19 heavy (non-hydrogen) atoms. The number of pyridine rings is 1. The molecule has 0 bridgehead atoms. The minimum absolute atomic E-state index is 0.245. The third-order valence-corrected chi connectivity index (χ3v) is 3.41. The highest BCUT2D eigenvalue weighted by Gasteiger charge is 2.13. The van der Waals surface area contributed by atoms with E-state index >= 15 is 0 Å². The van der Waals surface area contributed by atoms with Gasteiger partial charge >= 0.3 is 0 Å². The third kappa shape index (κ3) is 3.05. The van der Waals surface area contributed by atoms with Crippen LogP contribution in [-0.4, -0.2) is 10.9 Å². The molecule has 0 aliphatic rings. The number of carbonyl (C=O) groups excluding carboxylic acids is 1. The number of aromatic nitrogens is 1. The van der Waals surface area contributed by atoms with Crippen LogP contribution >= 0.6 is 27.5 Å². The van der Waals surface area contributed by atoms with Gasteiger partial charge in [-0.3, -0.25) is 4.79 Å². The quantitative estimate of drug-likeness (QED) is 0.820. The van der Waals surface area contributed by atoms with Crippen molar-refractivity contribution in [3.05, 3.63) is 51.1 Å². The van der Waals surface area contributed by atoms with Crippen LogP contribution in [0.5, 0.6) is 0 Å². The number of nitrogen functional groups attached to an aromatic ring is 1. The van der Waals surface area contributed by atoms with E-state index in [1.807, 2.05) is 13.0 Å². The van der Waals surface area contributed by atoms with Crippen LogP contribution in [0.25, 0.3) is 0 Å². The fourth-order valence-electron chi connectivity index (χ4n) is 1.57. The van der Waals surface area contributed by atoms with Crippen LogP contribution in [-0.2, 0) is 0 Å². The predicted molar refractivity (Wildman–Crippen MR) is 80.5 cm³/mol. The zero-order valence-corrected chi connectivity index (χ0v) is 12.4. The van der Waals surface area contributed by atoms with Gasteiger partial charge in [-0.15, -0.1) is 0 Å². The van der Waals surface area contributed by atoms with Crippen molar-refractivity contribution in [1.29, 1.82) is 0 Å². The van der Waals surface area contributed by atoms with Gasteiger partial charge < -0.3 is 11.1 Å². The van der Waals surface area contributed by atoms with E-state index in [2.05, 4.69) is 26.2 Å². The Balaban J connectivity index is 2.28. The minimum atomic E-state index is -0.338. The van der Waals surface area contributed by atoms with Crippen molar-refractivity contribution < 1.29 is 4.79 Å². The molecule has 0 aliphatic carbocycles. The molecule has 0 radical (unpaired) electrons. The second-order valence-corrected chi connectivity index (χ2v) is 5.28. The Morgan fingerprint density at radius 2 is 2.21 bits per heavy atom. The lowest BCUT2D eigenvalue weighted by Crippen LogP contribution is -2.14. The smallest absolute Gasteiger partial charge is 0.258 e. The van der Waals surface area contributed by atoms with Crippen molar-refractivity contribution in [3.63, 3.8) is 0 Å². The van der Waals surface area contributed by atoms with E-state index in [-0.39, 0.29) is 10.9 Å². The largest absolute Gasteiger partial charge is 0.398 e. The molecule has 2 rings (SSSR count). The Kier molecular flexibility index (Phi) is 4.07. The van der Waals surface area contributed by atoms with Gasteiger partial charge in [-0.05, 0) is 46.6 Å². The normalized spacial score (nSPS) is 10.3. The third-order valence-electron chi connectivity index (χ3n) is 2.55. The molecule has 1 amide bonds. The Bertz CT molecular complexity index is 646. The number of hydrogen-bond donors (Lipinski definition) is 2. The molecule has 0 aliphatic heterocycles. The van der Waals surface area contributed by atoms with Gasteiger partial charge in [-0.1, -0.05) is 17.7 Å². The fraction of sp³-hybridized carbons (Fsp3) is 0.0769. The molecule has 0 saturated heterocycles. The molecule has 0 saturated carbocycles. The highest BCUT2D eigenvalue weighted by Crippen LogP contribution is 2.24. The molecule has 1 aromatic carbocycles. The van der Waals surface area contributed by atoms with Gasteiger partial charge in [0.25, 0.3) is 5.91 Å². The molecule has 0 atom stereocenters. The number of benzene rings is 1. The van der Waals surface area contributed by atoms with Gasteiger partial charge in [0.1, 0.15) is 5.82 Å². The van der Waals surface area contributed by atoms with Gasteiger partial charge in [-0.25, -0.2) is 4.98 Å². The van der Waals surface area contributed by atoms with Gasteiger partial charge in [0, 0.05) is 10.7 Å². The van der Waals surface area contributed by atoms with Gasteiger partial charge in [0.15, 0.2) is 0 Å². The number of aryl methyl sites for hydroxylation is 1. The van der Waals surface area contributed by atoms with Crippen molar-refractivity contribution in [2.75, 3.05) is 11.1 Å². The molecule has 0 unspecified atom stereocenters. The number of nitrogens with zero attached hydrogens (tertiary/aromatic N) is 1. The molecule has 6 heteroatoms. The number of halogens is 2. The monoisotopic (exact) mass is 339 g/mol. The fourth-order valence-corrected chi connectivity index (χ4v) is 2.23. The summed E-state index contributed by atoms with van der Waals surface area (Å²) in [5, 5.41) is 2.96. The topological polar surface area (TPSA) is 68.0 Å². The van der Waals surface area contributed by atoms with E-state index in [1.54, 1.807) is 24.4 Å². The molecule has 0 spiro atoms. The molecule has 3 N–H and O–H groups in total. The summed E-state index contributed by atoms with van der Waals surface area (Å²) < 4.78 is 0.852. The molecular weight excluding hydrogens is 330 g/mol. The number of hydrogen-bond acceptors (Lipinski definition) is 3. The Morgan fingerprint density at radius 1 is 1.47 bits per heavy atom. The molecule has 98 valence electrons. The number of nitrogens with one attached hydrogen (secondary N) is 1. The zero-order valence-electron chi connectivity index (χ0n) is 10.1. The summed E-state index contributed by atoms with van der Waals surface area (Å²) in [5.41, 5.74) is 7.21. The average molecular weight is 341 g/mol.